The molecule has 3 aromatic carbocycles. The molecule has 1 fully saturated rings. The van der Waals surface area contributed by atoms with Gasteiger partial charge in [-0.05, 0) is 53.9 Å². The van der Waals surface area contributed by atoms with Gasteiger partial charge in [-0.1, -0.05) is 24.3 Å². The zero-order chi connectivity index (χ0) is 40.6. The number of rotatable bonds is 24. The Hall–Kier alpha value is -5.68. The molecule has 0 saturated carbocycles. The van der Waals surface area contributed by atoms with Crippen molar-refractivity contribution in [2.75, 3.05) is 99.8 Å². The van der Waals surface area contributed by atoms with Gasteiger partial charge in [0.15, 0.2) is 23.0 Å². The molecule has 2 heterocycles. The second-order valence-electron chi connectivity index (χ2n) is 12.6. The molecule has 2 aliphatic rings. The maximum atomic E-state index is 13.2. The number of anilines is 1. The molecule has 0 radical (unpaired) electrons. The third-order valence-electron chi connectivity index (χ3n) is 8.97. The van der Waals surface area contributed by atoms with Crippen LogP contribution >= 0.6 is 0 Å². The summed E-state index contributed by atoms with van der Waals surface area (Å²) in [6.45, 7) is 3.71. The average Bonchev–Trinajstić information content (AvgIpc) is 3.48. The Bertz CT molecular complexity index is 1870. The third-order valence-corrected chi connectivity index (χ3v) is 8.97. The van der Waals surface area contributed by atoms with Crippen molar-refractivity contribution < 1.29 is 61.8 Å². The molecule has 2 N–H and O–H groups in total. The van der Waals surface area contributed by atoms with Gasteiger partial charge in [-0.25, -0.2) is 0 Å². The Balaban J connectivity index is 0.902. The van der Waals surface area contributed by atoms with Crippen molar-refractivity contribution in [3.05, 3.63) is 70.8 Å². The standard InChI is InChI=1S/C41H49N3O13/c1-49-32-12-10-27(8-9-28-25-34(50-2)38(52-4)35(26-28)51-3)24-33(32)57-23-22-56-21-20-55-19-18-54-17-16-53-15-14-42-30-7-5-6-29-37(30)41(48)44(40(29)47)31-11-13-36(45)43-39(31)46/h5-10,12,24-26,31,42H,11,13-23H2,1-4H3,(H,43,45,46)/b9-8-. The molecule has 57 heavy (non-hydrogen) atoms. The lowest BCUT2D eigenvalue weighted by molar-refractivity contribution is -0.136. The summed E-state index contributed by atoms with van der Waals surface area (Å²) in [4.78, 5) is 51.0. The lowest BCUT2D eigenvalue weighted by Gasteiger charge is -2.27. The van der Waals surface area contributed by atoms with E-state index in [1.807, 2.05) is 42.5 Å². The Morgan fingerprint density at radius 3 is 1.88 bits per heavy atom. The van der Waals surface area contributed by atoms with Crippen LogP contribution in [0.15, 0.2) is 48.5 Å². The van der Waals surface area contributed by atoms with Gasteiger partial charge >= 0.3 is 0 Å². The van der Waals surface area contributed by atoms with Gasteiger partial charge in [0.25, 0.3) is 11.8 Å². The van der Waals surface area contributed by atoms with Gasteiger partial charge < -0.3 is 47.9 Å². The molecule has 16 heteroatoms. The highest BCUT2D eigenvalue weighted by Gasteiger charge is 2.45. The van der Waals surface area contributed by atoms with E-state index in [-0.39, 0.29) is 24.0 Å². The van der Waals surface area contributed by atoms with E-state index in [9.17, 15) is 19.2 Å². The fraction of sp³-hybridized carbons (Fsp3) is 0.415. The van der Waals surface area contributed by atoms with Crippen LogP contribution in [-0.2, 0) is 28.5 Å². The van der Waals surface area contributed by atoms with Crippen LogP contribution in [0, 0.1) is 0 Å². The minimum atomic E-state index is -1.02. The van der Waals surface area contributed by atoms with E-state index in [1.165, 1.54) is 0 Å². The predicted molar refractivity (Wildman–Crippen MR) is 208 cm³/mol. The van der Waals surface area contributed by atoms with Crippen molar-refractivity contribution >= 4 is 41.5 Å². The third kappa shape index (κ3) is 11.2. The van der Waals surface area contributed by atoms with Crippen LogP contribution in [0.2, 0.25) is 0 Å². The minimum Gasteiger partial charge on any atom is -0.493 e. The van der Waals surface area contributed by atoms with Gasteiger partial charge in [-0.15, -0.1) is 0 Å². The number of imide groups is 2. The van der Waals surface area contributed by atoms with Crippen molar-refractivity contribution in [2.24, 2.45) is 0 Å². The second kappa shape index (κ2) is 21.6. The molecule has 306 valence electrons. The molecule has 1 saturated heterocycles. The first kappa shape index (κ1) is 42.5. The topological polar surface area (TPSA) is 179 Å². The number of hydrogen-bond donors (Lipinski definition) is 2. The van der Waals surface area contributed by atoms with E-state index in [4.69, 9.17) is 42.6 Å². The van der Waals surface area contributed by atoms with Gasteiger partial charge in [0.05, 0.1) is 92.4 Å². The van der Waals surface area contributed by atoms with Crippen LogP contribution in [0.3, 0.4) is 0 Å². The smallest absolute Gasteiger partial charge is 0.264 e. The summed E-state index contributed by atoms with van der Waals surface area (Å²) in [6.07, 6.45) is 4.05. The molecule has 0 aliphatic carbocycles. The van der Waals surface area contributed by atoms with Crippen molar-refractivity contribution in [3.63, 3.8) is 0 Å². The highest BCUT2D eigenvalue weighted by atomic mass is 16.6. The van der Waals surface area contributed by atoms with Gasteiger partial charge in [-0.2, -0.15) is 0 Å². The van der Waals surface area contributed by atoms with Crippen LogP contribution in [0.5, 0.6) is 28.7 Å². The van der Waals surface area contributed by atoms with Crippen LogP contribution in [0.25, 0.3) is 12.2 Å². The van der Waals surface area contributed by atoms with E-state index in [2.05, 4.69) is 10.6 Å². The highest BCUT2D eigenvalue weighted by Crippen LogP contribution is 2.39. The SMILES string of the molecule is COc1ccc(/C=C\c2cc(OC)c(OC)c(OC)c2)cc1OCCOCCOCCOCCOCCNc1cccc2c1C(=O)N(C1CCC(=O)NC1=O)C2=O. The average molecular weight is 792 g/mol. The summed E-state index contributed by atoms with van der Waals surface area (Å²) in [5.74, 6) is 0.682. The quantitative estimate of drug-likeness (QED) is 0.0760. The normalized spacial score (nSPS) is 15.2. The number of methoxy groups -OCH3 is 4. The molecule has 1 atom stereocenters. The molecule has 16 nitrogen and oxygen atoms in total. The monoisotopic (exact) mass is 791 g/mol. The number of nitrogens with zero attached hydrogens (tertiary/aromatic N) is 1. The van der Waals surface area contributed by atoms with Crippen LogP contribution in [0.1, 0.15) is 44.7 Å². The fourth-order valence-corrected chi connectivity index (χ4v) is 6.19. The Morgan fingerprint density at radius 2 is 1.26 bits per heavy atom. The van der Waals surface area contributed by atoms with Crippen LogP contribution in [0.4, 0.5) is 5.69 Å². The summed E-state index contributed by atoms with van der Waals surface area (Å²) >= 11 is 0. The Morgan fingerprint density at radius 1 is 0.667 bits per heavy atom. The first-order valence-corrected chi connectivity index (χ1v) is 18.5. The number of carbonyl (C=O) groups excluding carboxylic acids is 4. The molecule has 1 unspecified atom stereocenters. The van der Waals surface area contributed by atoms with Gasteiger partial charge in [0.1, 0.15) is 12.6 Å². The largest absolute Gasteiger partial charge is 0.493 e. The highest BCUT2D eigenvalue weighted by molar-refractivity contribution is 6.25. The minimum absolute atomic E-state index is 0.0606. The van der Waals surface area contributed by atoms with Crippen molar-refractivity contribution in [3.8, 4) is 28.7 Å². The van der Waals surface area contributed by atoms with Crippen molar-refractivity contribution in [1.29, 1.82) is 0 Å². The molecular weight excluding hydrogens is 742 g/mol. The van der Waals surface area contributed by atoms with Crippen molar-refractivity contribution in [1.82, 2.24) is 10.2 Å². The van der Waals surface area contributed by atoms with E-state index in [1.54, 1.807) is 46.6 Å². The maximum absolute atomic E-state index is 13.2. The first-order chi connectivity index (χ1) is 27.8. The van der Waals surface area contributed by atoms with Gasteiger partial charge in [-0.3, -0.25) is 29.4 Å². The zero-order valence-corrected chi connectivity index (χ0v) is 32.6. The number of benzene rings is 3. The van der Waals surface area contributed by atoms with E-state index < -0.39 is 29.7 Å². The van der Waals surface area contributed by atoms with Crippen molar-refractivity contribution in [2.45, 2.75) is 18.9 Å². The number of piperidine rings is 1. The second-order valence-corrected chi connectivity index (χ2v) is 12.6. The Kier molecular flexibility index (Phi) is 16.1. The molecular formula is C41H49N3O13. The maximum Gasteiger partial charge on any atom is 0.264 e. The molecule has 0 bridgehead atoms. The number of amides is 4. The molecule has 0 spiro atoms. The fourth-order valence-electron chi connectivity index (χ4n) is 6.19. The number of hydrogen-bond acceptors (Lipinski definition) is 14. The summed E-state index contributed by atoms with van der Waals surface area (Å²) in [5.41, 5.74) is 2.67. The number of fused-ring (bicyclic) bond motifs is 1. The summed E-state index contributed by atoms with van der Waals surface area (Å²) < 4.78 is 50.1. The van der Waals surface area contributed by atoms with E-state index in [0.29, 0.717) is 100 Å². The first-order valence-electron chi connectivity index (χ1n) is 18.5. The summed E-state index contributed by atoms with van der Waals surface area (Å²) in [6, 6.07) is 13.3. The lowest BCUT2D eigenvalue weighted by Crippen LogP contribution is -2.54. The van der Waals surface area contributed by atoms with Gasteiger partial charge in [0, 0.05) is 18.7 Å². The molecule has 0 aromatic heterocycles. The predicted octanol–water partition coefficient (Wildman–Crippen LogP) is 3.85. The number of ether oxygens (including phenoxy) is 9. The molecule has 3 aromatic rings. The lowest BCUT2D eigenvalue weighted by atomic mass is 10.0. The van der Waals surface area contributed by atoms with Crippen LogP contribution < -0.4 is 34.3 Å². The molecule has 5 rings (SSSR count). The zero-order valence-electron chi connectivity index (χ0n) is 32.6. The summed E-state index contributed by atoms with van der Waals surface area (Å²) in [7, 11) is 6.31. The van der Waals surface area contributed by atoms with Crippen LogP contribution in [-0.4, -0.2) is 129 Å². The van der Waals surface area contributed by atoms with Gasteiger partial charge in [0.2, 0.25) is 17.6 Å². The molecule has 2 aliphatic heterocycles. The van der Waals surface area contributed by atoms with E-state index in [0.717, 1.165) is 16.0 Å². The molecule has 4 amide bonds. The number of carbonyl (C=O) groups is 4. The summed E-state index contributed by atoms with van der Waals surface area (Å²) in [5, 5.41) is 5.34. The number of nitrogens with one attached hydrogen (secondary N) is 2. The Labute approximate surface area is 331 Å². The van der Waals surface area contributed by atoms with E-state index >= 15 is 0 Å².